The number of nitrogens with zero attached hydrogens (tertiary/aromatic N) is 1. The monoisotopic (exact) mass is 299 g/mol. The van der Waals surface area contributed by atoms with Gasteiger partial charge >= 0.3 is 5.97 Å². The molecular formula is C17H17NO4. The minimum atomic E-state index is -0.373. The number of carbonyl (C=O) groups excluding carboxylic acids is 1. The van der Waals surface area contributed by atoms with E-state index in [-0.39, 0.29) is 18.7 Å². The molecule has 1 aliphatic rings. The third-order valence-corrected chi connectivity index (χ3v) is 3.56. The van der Waals surface area contributed by atoms with Gasteiger partial charge in [-0.3, -0.25) is 9.78 Å². The Hall–Kier alpha value is -2.24. The molecule has 0 N–H and O–H groups in total. The molecule has 1 aromatic heterocycles. The number of carbonyl (C=O) groups is 1. The fourth-order valence-corrected chi connectivity index (χ4v) is 2.52. The highest BCUT2D eigenvalue weighted by atomic mass is 16.7. The molecule has 2 aromatic rings. The summed E-state index contributed by atoms with van der Waals surface area (Å²) < 4.78 is 16.0. The van der Waals surface area contributed by atoms with Gasteiger partial charge in [0.1, 0.15) is 0 Å². The summed E-state index contributed by atoms with van der Waals surface area (Å²) in [6.07, 6.45) is 1.43. The second kappa shape index (κ2) is 6.68. The van der Waals surface area contributed by atoms with Crippen molar-refractivity contribution in [2.24, 2.45) is 0 Å². The Morgan fingerprint density at radius 1 is 1.18 bits per heavy atom. The first-order valence-corrected chi connectivity index (χ1v) is 7.13. The first-order valence-electron chi connectivity index (χ1n) is 7.13. The van der Waals surface area contributed by atoms with Gasteiger partial charge in [0.05, 0.1) is 32.4 Å². The molecule has 1 fully saturated rings. The Morgan fingerprint density at radius 3 is 2.68 bits per heavy atom. The van der Waals surface area contributed by atoms with E-state index < -0.39 is 0 Å². The van der Waals surface area contributed by atoms with Crippen LogP contribution in [0.4, 0.5) is 0 Å². The van der Waals surface area contributed by atoms with Crippen molar-refractivity contribution >= 4 is 5.97 Å². The van der Waals surface area contributed by atoms with Gasteiger partial charge in [-0.05, 0) is 11.6 Å². The van der Waals surface area contributed by atoms with Crippen molar-refractivity contribution in [1.82, 2.24) is 4.98 Å². The number of rotatable bonds is 4. The fraction of sp³-hybridized carbons (Fsp3) is 0.294. The lowest BCUT2D eigenvalue weighted by molar-refractivity contribution is -0.139. The number of methoxy groups -OCH3 is 1. The number of pyridine rings is 1. The van der Waals surface area contributed by atoms with Gasteiger partial charge in [0, 0.05) is 17.3 Å². The zero-order valence-electron chi connectivity index (χ0n) is 12.3. The van der Waals surface area contributed by atoms with Crippen LogP contribution in [0, 0.1) is 0 Å². The maximum atomic E-state index is 11.6. The predicted octanol–water partition coefficient (Wildman–Crippen LogP) is 2.51. The van der Waals surface area contributed by atoms with Crippen LogP contribution in [-0.4, -0.2) is 31.3 Å². The molecule has 0 aliphatic carbocycles. The van der Waals surface area contributed by atoms with Crippen molar-refractivity contribution in [3.63, 3.8) is 0 Å². The summed E-state index contributed by atoms with van der Waals surface area (Å²) in [5.74, 6) is -0.314. The molecule has 0 unspecified atom stereocenters. The molecular weight excluding hydrogens is 282 g/mol. The zero-order valence-corrected chi connectivity index (χ0v) is 12.3. The van der Waals surface area contributed by atoms with E-state index in [1.807, 2.05) is 36.4 Å². The van der Waals surface area contributed by atoms with Crippen LogP contribution in [0.5, 0.6) is 0 Å². The van der Waals surface area contributed by atoms with Gasteiger partial charge in [-0.2, -0.15) is 0 Å². The van der Waals surface area contributed by atoms with E-state index in [0.29, 0.717) is 18.9 Å². The fourth-order valence-electron chi connectivity index (χ4n) is 2.52. The third kappa shape index (κ3) is 3.00. The van der Waals surface area contributed by atoms with Gasteiger partial charge in [0.2, 0.25) is 0 Å². The highest BCUT2D eigenvalue weighted by Crippen LogP contribution is 2.34. The van der Waals surface area contributed by atoms with E-state index in [4.69, 9.17) is 14.2 Å². The maximum Gasteiger partial charge on any atom is 0.311 e. The SMILES string of the molecule is COC(=O)Cc1ncccc1-c1ccccc1C1OCCO1. The van der Waals surface area contributed by atoms with E-state index >= 15 is 0 Å². The maximum absolute atomic E-state index is 11.6. The van der Waals surface area contributed by atoms with E-state index in [1.54, 1.807) is 6.20 Å². The Bertz CT molecular complexity index is 665. The Labute approximate surface area is 128 Å². The minimum Gasteiger partial charge on any atom is -0.469 e. The van der Waals surface area contributed by atoms with Gasteiger partial charge in [-0.25, -0.2) is 0 Å². The van der Waals surface area contributed by atoms with Crippen LogP contribution in [-0.2, 0) is 25.4 Å². The average Bonchev–Trinajstić information content (AvgIpc) is 3.09. The molecule has 0 radical (unpaired) electrons. The van der Waals surface area contributed by atoms with Crippen molar-refractivity contribution in [3.05, 3.63) is 53.9 Å². The van der Waals surface area contributed by atoms with Gasteiger partial charge in [-0.15, -0.1) is 0 Å². The first-order chi connectivity index (χ1) is 10.8. The van der Waals surface area contributed by atoms with E-state index in [1.165, 1.54) is 7.11 Å². The molecule has 0 bridgehead atoms. The van der Waals surface area contributed by atoms with Crippen LogP contribution in [0.1, 0.15) is 17.5 Å². The van der Waals surface area contributed by atoms with Gasteiger partial charge in [0.25, 0.3) is 0 Å². The molecule has 2 heterocycles. The quantitative estimate of drug-likeness (QED) is 0.812. The molecule has 0 atom stereocenters. The molecule has 5 nitrogen and oxygen atoms in total. The lowest BCUT2D eigenvalue weighted by Gasteiger charge is -2.16. The zero-order chi connectivity index (χ0) is 15.4. The molecule has 1 aliphatic heterocycles. The molecule has 3 rings (SSSR count). The highest BCUT2D eigenvalue weighted by molar-refractivity contribution is 5.77. The molecule has 22 heavy (non-hydrogen) atoms. The Balaban J connectivity index is 2.02. The van der Waals surface area contributed by atoms with Crippen molar-refractivity contribution in [2.45, 2.75) is 12.7 Å². The Morgan fingerprint density at radius 2 is 1.91 bits per heavy atom. The molecule has 0 spiro atoms. The molecule has 1 saturated heterocycles. The van der Waals surface area contributed by atoms with E-state index in [2.05, 4.69) is 4.98 Å². The number of hydrogen-bond donors (Lipinski definition) is 0. The predicted molar refractivity (Wildman–Crippen MR) is 80.0 cm³/mol. The summed E-state index contributed by atoms with van der Waals surface area (Å²) in [7, 11) is 1.37. The summed E-state index contributed by atoms with van der Waals surface area (Å²) in [4.78, 5) is 15.9. The molecule has 0 saturated carbocycles. The summed E-state index contributed by atoms with van der Waals surface area (Å²) >= 11 is 0. The number of esters is 1. The molecule has 0 amide bonds. The van der Waals surface area contributed by atoms with Crippen molar-refractivity contribution in [1.29, 1.82) is 0 Å². The van der Waals surface area contributed by atoms with Crippen LogP contribution in [0.15, 0.2) is 42.6 Å². The highest BCUT2D eigenvalue weighted by Gasteiger charge is 2.23. The summed E-state index contributed by atoms with van der Waals surface area (Å²) in [6.45, 7) is 1.17. The van der Waals surface area contributed by atoms with Gasteiger partial charge in [0.15, 0.2) is 6.29 Å². The number of aromatic nitrogens is 1. The van der Waals surface area contributed by atoms with Crippen LogP contribution < -0.4 is 0 Å². The van der Waals surface area contributed by atoms with Crippen LogP contribution >= 0.6 is 0 Å². The number of hydrogen-bond acceptors (Lipinski definition) is 5. The number of benzene rings is 1. The average molecular weight is 299 g/mol. The lowest BCUT2D eigenvalue weighted by Crippen LogP contribution is -2.08. The first kappa shape index (κ1) is 14.7. The smallest absolute Gasteiger partial charge is 0.311 e. The number of ether oxygens (including phenoxy) is 3. The second-order valence-corrected chi connectivity index (χ2v) is 4.91. The topological polar surface area (TPSA) is 57.7 Å². The lowest BCUT2D eigenvalue weighted by atomic mass is 9.97. The normalized spacial score (nSPS) is 15.0. The van der Waals surface area contributed by atoms with Crippen LogP contribution in [0.2, 0.25) is 0 Å². The summed E-state index contributed by atoms with van der Waals surface area (Å²) in [6, 6.07) is 11.6. The van der Waals surface area contributed by atoms with Gasteiger partial charge < -0.3 is 14.2 Å². The molecule has 5 heteroatoms. The molecule has 1 aromatic carbocycles. The second-order valence-electron chi connectivity index (χ2n) is 4.91. The largest absolute Gasteiger partial charge is 0.469 e. The van der Waals surface area contributed by atoms with E-state index in [0.717, 1.165) is 16.7 Å². The Kier molecular flexibility index (Phi) is 4.46. The standard InChI is InChI=1S/C17H17NO4/c1-20-16(19)11-15-13(7-4-8-18-15)12-5-2-3-6-14(12)17-21-9-10-22-17/h2-8,17H,9-11H2,1H3. The van der Waals surface area contributed by atoms with Crippen molar-refractivity contribution in [2.75, 3.05) is 20.3 Å². The van der Waals surface area contributed by atoms with Crippen molar-refractivity contribution < 1.29 is 19.0 Å². The van der Waals surface area contributed by atoms with Crippen LogP contribution in [0.25, 0.3) is 11.1 Å². The van der Waals surface area contributed by atoms with Gasteiger partial charge in [-0.1, -0.05) is 30.3 Å². The third-order valence-electron chi connectivity index (χ3n) is 3.56. The van der Waals surface area contributed by atoms with Crippen LogP contribution in [0.3, 0.4) is 0 Å². The minimum absolute atomic E-state index is 0.132. The summed E-state index contributed by atoms with van der Waals surface area (Å²) in [5.41, 5.74) is 3.47. The van der Waals surface area contributed by atoms with E-state index in [9.17, 15) is 4.79 Å². The molecule has 114 valence electrons. The van der Waals surface area contributed by atoms with Crippen molar-refractivity contribution in [3.8, 4) is 11.1 Å². The summed E-state index contributed by atoms with van der Waals surface area (Å²) in [5, 5.41) is 0.